The second-order valence-corrected chi connectivity index (χ2v) is 5.94. The number of aliphatic carboxylic acids is 1. The van der Waals surface area contributed by atoms with Crippen LogP contribution in [0.4, 0.5) is 0 Å². The highest BCUT2D eigenvalue weighted by atomic mass is 16.4. The Bertz CT molecular complexity index is 229. The van der Waals surface area contributed by atoms with Crippen molar-refractivity contribution < 1.29 is 14.7 Å². The van der Waals surface area contributed by atoms with E-state index in [9.17, 15) is 4.79 Å². The third-order valence-electron chi connectivity index (χ3n) is 2.04. The standard InChI is InChI=1S/C11H24N2O2.CH2O/c1-10(2,3)8(9(14)15)12-7-13-11(4,5)6;1-2/h8,12-13H,7H2,1-6H3,(H,14,15);1H2. The summed E-state index contributed by atoms with van der Waals surface area (Å²) in [7, 11) is 0. The van der Waals surface area contributed by atoms with Crippen molar-refractivity contribution >= 4 is 12.8 Å². The molecular weight excluding hydrogens is 220 g/mol. The minimum absolute atomic E-state index is 0.00601. The summed E-state index contributed by atoms with van der Waals surface area (Å²) in [4.78, 5) is 19.0. The Morgan fingerprint density at radius 1 is 1.18 bits per heavy atom. The Kier molecular flexibility index (Phi) is 8.02. The van der Waals surface area contributed by atoms with Crippen LogP contribution in [0.5, 0.6) is 0 Å². The normalized spacial score (nSPS) is 13.5. The van der Waals surface area contributed by atoms with Crippen molar-refractivity contribution in [3.05, 3.63) is 0 Å². The van der Waals surface area contributed by atoms with Crippen LogP contribution in [-0.4, -0.2) is 36.1 Å². The molecule has 1 unspecified atom stereocenters. The zero-order valence-corrected chi connectivity index (χ0v) is 11.8. The van der Waals surface area contributed by atoms with E-state index in [4.69, 9.17) is 9.90 Å². The molecule has 0 aromatic carbocycles. The van der Waals surface area contributed by atoms with Gasteiger partial charge in [0, 0.05) is 12.2 Å². The van der Waals surface area contributed by atoms with Gasteiger partial charge in [0.1, 0.15) is 12.8 Å². The molecule has 0 aliphatic carbocycles. The number of hydrogen-bond donors (Lipinski definition) is 3. The van der Waals surface area contributed by atoms with E-state index in [-0.39, 0.29) is 11.0 Å². The van der Waals surface area contributed by atoms with Crippen molar-refractivity contribution in [1.82, 2.24) is 10.6 Å². The Morgan fingerprint density at radius 2 is 1.59 bits per heavy atom. The molecule has 0 aliphatic rings. The van der Waals surface area contributed by atoms with Crippen molar-refractivity contribution in [2.45, 2.75) is 53.1 Å². The third kappa shape index (κ3) is 9.96. The van der Waals surface area contributed by atoms with E-state index in [1.165, 1.54) is 0 Å². The summed E-state index contributed by atoms with van der Waals surface area (Å²) in [5.41, 5.74) is -0.292. The molecule has 0 fully saturated rings. The first-order valence-corrected chi connectivity index (χ1v) is 5.54. The van der Waals surface area contributed by atoms with Crippen molar-refractivity contribution in [3.63, 3.8) is 0 Å². The Hall–Kier alpha value is -0.940. The third-order valence-corrected chi connectivity index (χ3v) is 2.04. The molecule has 0 saturated heterocycles. The van der Waals surface area contributed by atoms with Gasteiger partial charge >= 0.3 is 5.97 Å². The van der Waals surface area contributed by atoms with Crippen LogP contribution in [0.2, 0.25) is 0 Å². The summed E-state index contributed by atoms with van der Waals surface area (Å²) in [6.45, 7) is 14.4. The molecule has 0 radical (unpaired) electrons. The highest BCUT2D eigenvalue weighted by Crippen LogP contribution is 2.19. The summed E-state index contributed by atoms with van der Waals surface area (Å²) in [6.07, 6.45) is 0. The van der Waals surface area contributed by atoms with Gasteiger partial charge in [-0.05, 0) is 26.2 Å². The van der Waals surface area contributed by atoms with E-state index in [1.54, 1.807) is 0 Å². The molecule has 0 rings (SSSR count). The molecule has 3 N–H and O–H groups in total. The van der Waals surface area contributed by atoms with Gasteiger partial charge in [-0.3, -0.25) is 15.4 Å². The molecule has 0 bridgehead atoms. The van der Waals surface area contributed by atoms with E-state index < -0.39 is 12.0 Å². The van der Waals surface area contributed by atoms with E-state index in [0.717, 1.165) is 0 Å². The zero-order chi connectivity index (χ0) is 14.3. The van der Waals surface area contributed by atoms with Crippen LogP contribution in [0.1, 0.15) is 41.5 Å². The fourth-order valence-electron chi connectivity index (χ4n) is 1.18. The van der Waals surface area contributed by atoms with E-state index in [1.807, 2.05) is 48.3 Å². The Morgan fingerprint density at radius 3 is 1.82 bits per heavy atom. The monoisotopic (exact) mass is 246 g/mol. The lowest BCUT2D eigenvalue weighted by Crippen LogP contribution is -2.52. The number of carbonyl (C=O) groups is 2. The van der Waals surface area contributed by atoms with E-state index >= 15 is 0 Å². The van der Waals surface area contributed by atoms with Gasteiger partial charge < -0.3 is 9.90 Å². The first-order valence-electron chi connectivity index (χ1n) is 5.54. The molecule has 0 aliphatic heterocycles. The molecule has 17 heavy (non-hydrogen) atoms. The van der Waals surface area contributed by atoms with Crippen molar-refractivity contribution in [2.75, 3.05) is 6.67 Å². The summed E-state index contributed by atoms with van der Waals surface area (Å²) in [6, 6.07) is -0.535. The van der Waals surface area contributed by atoms with Gasteiger partial charge in [0.15, 0.2) is 0 Å². The molecule has 0 amide bonds. The number of hydrogen-bond acceptors (Lipinski definition) is 4. The molecule has 5 heteroatoms. The van der Waals surface area contributed by atoms with Gasteiger partial charge in [0.2, 0.25) is 0 Å². The molecule has 5 nitrogen and oxygen atoms in total. The van der Waals surface area contributed by atoms with E-state index in [0.29, 0.717) is 6.67 Å². The van der Waals surface area contributed by atoms with Crippen LogP contribution in [0, 0.1) is 5.41 Å². The predicted octanol–water partition coefficient (Wildman–Crippen LogP) is 1.24. The average molecular weight is 246 g/mol. The van der Waals surface area contributed by atoms with Gasteiger partial charge in [-0.25, -0.2) is 0 Å². The Labute approximate surface area is 104 Å². The predicted molar refractivity (Wildman–Crippen MR) is 68.9 cm³/mol. The largest absolute Gasteiger partial charge is 0.480 e. The molecule has 0 aromatic rings. The summed E-state index contributed by atoms with van der Waals surface area (Å²) in [5, 5.41) is 15.3. The molecule has 102 valence electrons. The quantitative estimate of drug-likeness (QED) is 0.650. The smallest absolute Gasteiger partial charge is 0.321 e. The molecule has 0 heterocycles. The number of carbonyl (C=O) groups excluding carboxylic acids is 1. The van der Waals surface area contributed by atoms with Crippen LogP contribution in [0.3, 0.4) is 0 Å². The zero-order valence-electron chi connectivity index (χ0n) is 11.8. The van der Waals surface area contributed by atoms with Crippen LogP contribution in [0.15, 0.2) is 0 Å². The van der Waals surface area contributed by atoms with Gasteiger partial charge in [0.05, 0.1) is 0 Å². The molecular formula is C12H26N2O3. The topological polar surface area (TPSA) is 78.4 Å². The van der Waals surface area contributed by atoms with Crippen LogP contribution < -0.4 is 10.6 Å². The fraction of sp³-hybridized carbons (Fsp3) is 0.833. The minimum atomic E-state index is -0.807. The first-order chi connectivity index (χ1) is 7.54. The lowest BCUT2D eigenvalue weighted by atomic mass is 9.87. The number of rotatable bonds is 4. The van der Waals surface area contributed by atoms with Gasteiger partial charge in [-0.1, -0.05) is 20.8 Å². The molecule has 0 spiro atoms. The van der Waals surface area contributed by atoms with Crippen molar-refractivity contribution in [2.24, 2.45) is 5.41 Å². The van der Waals surface area contributed by atoms with E-state index in [2.05, 4.69) is 10.6 Å². The summed E-state index contributed by atoms with van der Waals surface area (Å²) < 4.78 is 0. The van der Waals surface area contributed by atoms with Crippen LogP contribution in [-0.2, 0) is 9.59 Å². The SMILES string of the molecule is C=O.CC(C)(C)NCNC(C(=O)O)C(C)(C)C. The minimum Gasteiger partial charge on any atom is -0.480 e. The second kappa shape index (κ2) is 7.40. The van der Waals surface area contributed by atoms with Crippen LogP contribution >= 0.6 is 0 Å². The highest BCUT2D eigenvalue weighted by Gasteiger charge is 2.30. The lowest BCUT2D eigenvalue weighted by molar-refractivity contribution is -0.142. The van der Waals surface area contributed by atoms with Crippen molar-refractivity contribution in [3.8, 4) is 0 Å². The highest BCUT2D eigenvalue weighted by molar-refractivity contribution is 5.74. The maximum Gasteiger partial charge on any atom is 0.321 e. The van der Waals surface area contributed by atoms with Gasteiger partial charge in [-0.15, -0.1) is 0 Å². The maximum absolute atomic E-state index is 11.0. The molecule has 0 saturated carbocycles. The van der Waals surface area contributed by atoms with Crippen molar-refractivity contribution in [1.29, 1.82) is 0 Å². The van der Waals surface area contributed by atoms with Gasteiger partial charge in [0.25, 0.3) is 0 Å². The average Bonchev–Trinajstić information content (AvgIpc) is 2.11. The summed E-state index contributed by atoms with van der Waals surface area (Å²) in [5.74, 6) is -0.807. The second-order valence-electron chi connectivity index (χ2n) is 5.94. The summed E-state index contributed by atoms with van der Waals surface area (Å²) >= 11 is 0. The lowest BCUT2D eigenvalue weighted by Gasteiger charge is -2.30. The number of carboxylic acid groups (broad SMARTS) is 1. The fourth-order valence-corrected chi connectivity index (χ4v) is 1.18. The maximum atomic E-state index is 11.0. The molecule has 1 atom stereocenters. The van der Waals surface area contributed by atoms with Crippen LogP contribution in [0.25, 0.3) is 0 Å². The first kappa shape index (κ1) is 18.4. The molecule has 0 aromatic heterocycles. The van der Waals surface area contributed by atoms with Gasteiger partial charge in [-0.2, -0.15) is 0 Å². The number of carboxylic acids is 1. The Balaban J connectivity index is 0. The number of nitrogens with one attached hydrogen (secondary N) is 2.